The lowest BCUT2D eigenvalue weighted by atomic mass is 10.1. The van der Waals surface area contributed by atoms with Crippen LogP contribution in [0.3, 0.4) is 0 Å². The molecule has 0 aliphatic rings. The van der Waals surface area contributed by atoms with Gasteiger partial charge in [-0.1, -0.05) is 25.6 Å². The summed E-state index contributed by atoms with van der Waals surface area (Å²) >= 11 is 0. The van der Waals surface area contributed by atoms with Crippen molar-refractivity contribution in [3.8, 4) is 11.4 Å². The smallest absolute Gasteiger partial charge is 0.303 e. The van der Waals surface area contributed by atoms with Crippen molar-refractivity contribution in [2.24, 2.45) is 0 Å². The van der Waals surface area contributed by atoms with Crippen LogP contribution < -0.4 is 0 Å². The van der Waals surface area contributed by atoms with Crippen LogP contribution in [0.15, 0.2) is 42.1 Å². The second-order valence-corrected chi connectivity index (χ2v) is 5.27. The molecule has 26 heavy (non-hydrogen) atoms. The summed E-state index contributed by atoms with van der Waals surface area (Å²) in [6, 6.07) is 4.74. The molecule has 0 saturated carbocycles. The first kappa shape index (κ1) is 21.1. The quantitative estimate of drug-likeness (QED) is 0.438. The van der Waals surface area contributed by atoms with Gasteiger partial charge in [-0.25, -0.2) is 0 Å². The van der Waals surface area contributed by atoms with Crippen LogP contribution in [-0.4, -0.2) is 47.7 Å². The van der Waals surface area contributed by atoms with E-state index in [2.05, 4.69) is 10.2 Å². The highest BCUT2D eigenvalue weighted by Gasteiger charge is 2.09. The molecular formula is C18H23N3O5. The third kappa shape index (κ3) is 5.54. The lowest BCUT2D eigenvalue weighted by molar-refractivity contribution is -0.136. The van der Waals surface area contributed by atoms with E-state index in [-0.39, 0.29) is 19.6 Å². The van der Waals surface area contributed by atoms with Crippen LogP contribution in [0.5, 0.6) is 5.75 Å². The summed E-state index contributed by atoms with van der Waals surface area (Å²) < 4.78 is 0. The number of carboxylic acids is 1. The number of carboxylic acid groups (broad SMARTS) is 1. The fourth-order valence-electron chi connectivity index (χ4n) is 2.12. The van der Waals surface area contributed by atoms with E-state index in [0.29, 0.717) is 23.4 Å². The third-order valence-corrected chi connectivity index (χ3v) is 3.47. The number of aromatic hydroxyl groups is 1. The number of hydrogen-bond acceptors (Lipinski definition) is 6. The summed E-state index contributed by atoms with van der Waals surface area (Å²) in [6.07, 6.45) is 4.81. The maximum absolute atomic E-state index is 10.7. The van der Waals surface area contributed by atoms with Crippen LogP contribution in [-0.2, 0) is 11.2 Å². The molecule has 8 heteroatoms. The van der Waals surface area contributed by atoms with Crippen LogP contribution in [0.1, 0.15) is 32.0 Å². The van der Waals surface area contributed by atoms with Gasteiger partial charge in [0.1, 0.15) is 17.1 Å². The summed E-state index contributed by atoms with van der Waals surface area (Å²) in [6.45, 7) is 1.68. The Labute approximate surface area is 151 Å². The molecule has 0 saturated heterocycles. The number of benzene rings is 1. The Kier molecular flexibility index (Phi) is 7.70. The van der Waals surface area contributed by atoms with E-state index >= 15 is 0 Å². The van der Waals surface area contributed by atoms with Crippen LogP contribution in [0, 0.1) is 0 Å². The van der Waals surface area contributed by atoms with Crippen molar-refractivity contribution >= 4 is 12.0 Å². The lowest BCUT2D eigenvalue weighted by Gasteiger charge is -2.06. The van der Waals surface area contributed by atoms with Crippen molar-refractivity contribution in [3.05, 3.63) is 53.4 Å². The average molecular weight is 361 g/mol. The van der Waals surface area contributed by atoms with Gasteiger partial charge in [0.2, 0.25) is 0 Å². The molecule has 2 aromatic rings. The summed E-state index contributed by atoms with van der Waals surface area (Å²) in [4.78, 5) is 11.9. The SMILES string of the molecule is C.C/C=C(\C=C/c1cnn(-c2cc(CCC(=O)O)ccc2O)n1)C(O)O. The Hall–Kier alpha value is -2.97. The predicted molar refractivity (Wildman–Crippen MR) is 96.7 cm³/mol. The van der Waals surface area contributed by atoms with Gasteiger partial charge in [-0.15, -0.1) is 9.90 Å². The highest BCUT2D eigenvalue weighted by atomic mass is 16.5. The zero-order chi connectivity index (χ0) is 18.4. The molecule has 1 aromatic carbocycles. The molecule has 4 N–H and O–H groups in total. The van der Waals surface area contributed by atoms with E-state index in [1.165, 1.54) is 23.1 Å². The van der Waals surface area contributed by atoms with Crippen molar-refractivity contribution in [1.82, 2.24) is 15.0 Å². The molecule has 0 amide bonds. The van der Waals surface area contributed by atoms with Crippen molar-refractivity contribution < 1.29 is 25.2 Å². The topological polar surface area (TPSA) is 129 Å². The van der Waals surface area contributed by atoms with Gasteiger partial charge in [0.05, 0.1) is 6.20 Å². The number of hydrogen-bond donors (Lipinski definition) is 4. The minimum atomic E-state index is -1.58. The van der Waals surface area contributed by atoms with E-state index in [9.17, 15) is 9.90 Å². The highest BCUT2D eigenvalue weighted by Crippen LogP contribution is 2.22. The lowest BCUT2D eigenvalue weighted by Crippen LogP contribution is -2.05. The van der Waals surface area contributed by atoms with Gasteiger partial charge in [0, 0.05) is 12.0 Å². The minimum Gasteiger partial charge on any atom is -0.506 e. The molecule has 0 atom stereocenters. The molecule has 1 heterocycles. The number of aliphatic hydroxyl groups excluding tert-OH is 1. The summed E-state index contributed by atoms with van der Waals surface area (Å²) in [5.74, 6) is -0.935. The zero-order valence-electron chi connectivity index (χ0n) is 13.6. The third-order valence-electron chi connectivity index (χ3n) is 3.47. The first-order valence-corrected chi connectivity index (χ1v) is 7.57. The molecule has 0 aliphatic carbocycles. The number of aliphatic hydroxyl groups is 2. The molecule has 0 unspecified atom stereocenters. The highest BCUT2D eigenvalue weighted by molar-refractivity contribution is 5.67. The first-order chi connectivity index (χ1) is 11.9. The Morgan fingerprint density at radius 3 is 2.69 bits per heavy atom. The van der Waals surface area contributed by atoms with Gasteiger partial charge in [0.25, 0.3) is 0 Å². The molecular weight excluding hydrogens is 338 g/mol. The normalized spacial score (nSPS) is 11.8. The predicted octanol–water partition coefficient (Wildman–Crippen LogP) is 1.90. The molecule has 8 nitrogen and oxygen atoms in total. The van der Waals surface area contributed by atoms with Crippen molar-refractivity contribution in [1.29, 1.82) is 0 Å². The number of rotatable bonds is 7. The minimum absolute atomic E-state index is 0. The molecule has 0 aliphatic heterocycles. The van der Waals surface area contributed by atoms with Crippen molar-refractivity contribution in [3.63, 3.8) is 0 Å². The van der Waals surface area contributed by atoms with Crippen LogP contribution in [0.2, 0.25) is 0 Å². The Morgan fingerprint density at radius 2 is 2.08 bits per heavy atom. The number of phenols is 1. The van der Waals surface area contributed by atoms with E-state index in [1.807, 2.05) is 0 Å². The van der Waals surface area contributed by atoms with Gasteiger partial charge in [-0.3, -0.25) is 4.79 Å². The number of nitrogens with zero attached hydrogens (tertiary/aromatic N) is 3. The second kappa shape index (κ2) is 9.50. The summed E-state index contributed by atoms with van der Waals surface area (Å²) in [5, 5.41) is 45.3. The van der Waals surface area contributed by atoms with Crippen LogP contribution >= 0.6 is 0 Å². The second-order valence-electron chi connectivity index (χ2n) is 5.27. The summed E-state index contributed by atoms with van der Waals surface area (Å²) in [5.41, 5.74) is 1.84. The number of phenolic OH excluding ortho intramolecular Hbond substituents is 1. The van der Waals surface area contributed by atoms with Gasteiger partial charge in [-0.05, 0) is 37.1 Å². The number of aromatic nitrogens is 3. The maximum Gasteiger partial charge on any atom is 0.303 e. The number of aryl methyl sites for hydroxylation is 1. The number of carbonyl (C=O) groups is 1. The molecule has 0 spiro atoms. The largest absolute Gasteiger partial charge is 0.506 e. The van der Waals surface area contributed by atoms with Gasteiger partial charge in [-0.2, -0.15) is 5.10 Å². The van der Waals surface area contributed by atoms with Crippen LogP contribution in [0.4, 0.5) is 0 Å². The monoisotopic (exact) mass is 361 g/mol. The van der Waals surface area contributed by atoms with E-state index < -0.39 is 12.3 Å². The van der Waals surface area contributed by atoms with Crippen LogP contribution in [0.25, 0.3) is 11.8 Å². The van der Waals surface area contributed by atoms with Gasteiger partial charge in [0.15, 0.2) is 6.29 Å². The van der Waals surface area contributed by atoms with Gasteiger partial charge >= 0.3 is 5.97 Å². The maximum atomic E-state index is 10.7. The van der Waals surface area contributed by atoms with Gasteiger partial charge < -0.3 is 20.4 Å². The molecule has 140 valence electrons. The fraction of sp³-hybridized carbons (Fsp3) is 0.278. The molecule has 0 radical (unpaired) electrons. The van der Waals surface area contributed by atoms with E-state index in [0.717, 1.165) is 5.56 Å². The zero-order valence-corrected chi connectivity index (χ0v) is 13.6. The Bertz CT molecular complexity index is 809. The van der Waals surface area contributed by atoms with E-state index in [1.54, 1.807) is 31.2 Å². The fourth-order valence-corrected chi connectivity index (χ4v) is 2.12. The van der Waals surface area contributed by atoms with Crippen molar-refractivity contribution in [2.45, 2.75) is 33.5 Å². The first-order valence-electron chi connectivity index (χ1n) is 7.57. The Morgan fingerprint density at radius 1 is 1.35 bits per heavy atom. The van der Waals surface area contributed by atoms with Crippen molar-refractivity contribution in [2.75, 3.05) is 0 Å². The molecule has 1 aromatic heterocycles. The Balaban J connectivity index is 0.00000338. The number of aliphatic carboxylic acids is 1. The summed E-state index contributed by atoms with van der Waals surface area (Å²) in [7, 11) is 0. The van der Waals surface area contributed by atoms with E-state index in [4.69, 9.17) is 15.3 Å². The number of allylic oxidation sites excluding steroid dienone is 1. The molecule has 0 fully saturated rings. The standard InChI is InChI=1S/C17H19N3O5.CH4/c1-2-12(17(24)25)5-6-13-10-18-20(19-13)14-9-11(3-7-15(14)21)4-8-16(22)23;/h2-3,5-7,9-10,17,21,24-25H,4,8H2,1H3,(H,22,23);1H4/b6-5-,12-2+;. The molecule has 2 rings (SSSR count). The molecule has 0 bridgehead atoms. The average Bonchev–Trinajstić information content (AvgIpc) is 3.03.